The highest BCUT2D eigenvalue weighted by atomic mass is 35.7. The summed E-state index contributed by atoms with van der Waals surface area (Å²) >= 11 is 0. The molecule has 110 valence electrons. The molecule has 0 bridgehead atoms. The predicted molar refractivity (Wildman–Crippen MR) is 71.8 cm³/mol. The monoisotopic (exact) mass is 320 g/mol. The van der Waals surface area contributed by atoms with Crippen LogP contribution in [0, 0.1) is 12.7 Å². The van der Waals surface area contributed by atoms with Crippen molar-refractivity contribution in [2.45, 2.75) is 43.6 Å². The number of esters is 1. The van der Waals surface area contributed by atoms with E-state index in [4.69, 9.17) is 15.4 Å². The SMILES string of the molecule is Cc1c(C(=O)OC2CCCC2)cc(F)cc1S(=O)(=O)Cl. The average Bonchev–Trinajstić information content (AvgIpc) is 2.83. The van der Waals surface area contributed by atoms with E-state index in [0.29, 0.717) is 0 Å². The van der Waals surface area contributed by atoms with Gasteiger partial charge in [0.25, 0.3) is 9.05 Å². The Bertz CT molecular complexity index is 636. The Morgan fingerprint density at radius 3 is 2.50 bits per heavy atom. The van der Waals surface area contributed by atoms with Crippen molar-refractivity contribution < 1.29 is 22.3 Å². The Labute approximate surface area is 121 Å². The van der Waals surface area contributed by atoms with Gasteiger partial charge in [0.05, 0.1) is 10.5 Å². The van der Waals surface area contributed by atoms with E-state index in [1.165, 1.54) is 6.92 Å². The molecule has 1 aliphatic rings. The molecule has 0 heterocycles. The first-order chi connectivity index (χ1) is 9.29. The van der Waals surface area contributed by atoms with Crippen LogP contribution in [-0.2, 0) is 13.8 Å². The standard InChI is InChI=1S/C13H14ClFO4S/c1-8-11(13(16)19-10-4-2-3-5-10)6-9(15)7-12(8)20(14,17)18/h6-7,10H,2-5H2,1H3. The van der Waals surface area contributed by atoms with E-state index in [1.807, 2.05) is 0 Å². The second-order valence-electron chi connectivity index (χ2n) is 4.83. The topological polar surface area (TPSA) is 60.4 Å². The van der Waals surface area contributed by atoms with E-state index in [1.54, 1.807) is 0 Å². The molecule has 1 aliphatic carbocycles. The Kier molecular flexibility index (Phi) is 4.34. The second kappa shape index (κ2) is 5.69. The summed E-state index contributed by atoms with van der Waals surface area (Å²) in [6, 6.07) is 1.77. The third-order valence-corrected chi connectivity index (χ3v) is 4.83. The van der Waals surface area contributed by atoms with Crippen molar-refractivity contribution in [3.05, 3.63) is 29.1 Å². The third kappa shape index (κ3) is 3.30. The molecular formula is C13H14ClFO4S. The lowest BCUT2D eigenvalue weighted by atomic mass is 10.1. The van der Waals surface area contributed by atoms with Crippen LogP contribution in [0.4, 0.5) is 4.39 Å². The van der Waals surface area contributed by atoms with E-state index >= 15 is 0 Å². The summed E-state index contributed by atoms with van der Waals surface area (Å²) in [6.07, 6.45) is 3.35. The van der Waals surface area contributed by atoms with Gasteiger partial charge in [0.1, 0.15) is 11.9 Å². The molecule has 0 N–H and O–H groups in total. The molecule has 0 aromatic heterocycles. The molecule has 7 heteroatoms. The van der Waals surface area contributed by atoms with Gasteiger partial charge in [0.15, 0.2) is 0 Å². The first kappa shape index (κ1) is 15.3. The maximum absolute atomic E-state index is 13.5. The summed E-state index contributed by atoms with van der Waals surface area (Å²) in [6.45, 7) is 1.40. The van der Waals surface area contributed by atoms with E-state index in [2.05, 4.69) is 0 Å². The van der Waals surface area contributed by atoms with Gasteiger partial charge in [-0.1, -0.05) is 0 Å². The molecule has 20 heavy (non-hydrogen) atoms. The van der Waals surface area contributed by atoms with Gasteiger partial charge in [0.2, 0.25) is 0 Å². The van der Waals surface area contributed by atoms with Crippen molar-refractivity contribution in [1.29, 1.82) is 0 Å². The lowest BCUT2D eigenvalue weighted by molar-refractivity contribution is 0.0316. The maximum Gasteiger partial charge on any atom is 0.338 e. The summed E-state index contributed by atoms with van der Waals surface area (Å²) < 4.78 is 41.5. The lowest BCUT2D eigenvalue weighted by Gasteiger charge is -2.14. The number of carbonyl (C=O) groups is 1. The number of rotatable bonds is 3. The molecule has 0 aliphatic heterocycles. The number of hydrogen-bond donors (Lipinski definition) is 0. The van der Waals surface area contributed by atoms with Crippen LogP contribution in [0.15, 0.2) is 17.0 Å². The van der Waals surface area contributed by atoms with Gasteiger partial charge >= 0.3 is 5.97 Å². The molecule has 0 spiro atoms. The van der Waals surface area contributed by atoms with Crippen LogP contribution in [-0.4, -0.2) is 20.5 Å². The minimum absolute atomic E-state index is 0.101. The fourth-order valence-corrected chi connectivity index (χ4v) is 3.55. The first-order valence-electron chi connectivity index (χ1n) is 6.25. The predicted octanol–water partition coefficient (Wildman–Crippen LogP) is 3.16. The molecule has 1 saturated carbocycles. The highest BCUT2D eigenvalue weighted by Crippen LogP contribution is 2.27. The van der Waals surface area contributed by atoms with Gasteiger partial charge in [0, 0.05) is 10.7 Å². The third-order valence-electron chi connectivity index (χ3n) is 3.38. The highest BCUT2D eigenvalue weighted by Gasteiger charge is 2.25. The normalized spacial score (nSPS) is 16.4. The Hall–Kier alpha value is -1.14. The highest BCUT2D eigenvalue weighted by molar-refractivity contribution is 8.13. The minimum atomic E-state index is -4.11. The lowest BCUT2D eigenvalue weighted by Crippen LogP contribution is -2.17. The van der Waals surface area contributed by atoms with Crippen molar-refractivity contribution in [2.24, 2.45) is 0 Å². The number of carbonyl (C=O) groups excluding carboxylic acids is 1. The zero-order valence-corrected chi connectivity index (χ0v) is 12.4. The van der Waals surface area contributed by atoms with Crippen molar-refractivity contribution >= 4 is 25.7 Å². The Morgan fingerprint density at radius 2 is 1.95 bits per heavy atom. The van der Waals surface area contributed by atoms with Gasteiger partial charge in [-0.05, 0) is 50.3 Å². The molecule has 2 rings (SSSR count). The molecule has 1 fully saturated rings. The first-order valence-corrected chi connectivity index (χ1v) is 8.56. The van der Waals surface area contributed by atoms with Crippen molar-refractivity contribution in [2.75, 3.05) is 0 Å². The van der Waals surface area contributed by atoms with Gasteiger partial charge in [-0.3, -0.25) is 0 Å². The Morgan fingerprint density at radius 1 is 1.35 bits per heavy atom. The minimum Gasteiger partial charge on any atom is -0.459 e. The largest absolute Gasteiger partial charge is 0.459 e. The van der Waals surface area contributed by atoms with E-state index in [-0.39, 0.29) is 17.2 Å². The van der Waals surface area contributed by atoms with Crippen LogP contribution in [0.3, 0.4) is 0 Å². The summed E-state index contributed by atoms with van der Waals surface area (Å²) in [7, 11) is 1.12. The summed E-state index contributed by atoms with van der Waals surface area (Å²) in [4.78, 5) is 11.6. The quantitative estimate of drug-likeness (QED) is 0.634. The summed E-state index contributed by atoms with van der Waals surface area (Å²) in [5, 5.41) is 0. The second-order valence-corrected chi connectivity index (χ2v) is 7.36. The molecule has 1 aromatic rings. The number of benzene rings is 1. The van der Waals surface area contributed by atoms with Gasteiger partial charge in [-0.15, -0.1) is 0 Å². The molecule has 0 amide bonds. The zero-order chi connectivity index (χ0) is 14.9. The van der Waals surface area contributed by atoms with E-state index in [0.717, 1.165) is 37.8 Å². The van der Waals surface area contributed by atoms with Gasteiger partial charge in [-0.25, -0.2) is 17.6 Å². The average molecular weight is 321 g/mol. The van der Waals surface area contributed by atoms with Crippen molar-refractivity contribution in [3.63, 3.8) is 0 Å². The van der Waals surface area contributed by atoms with Gasteiger partial charge < -0.3 is 4.74 Å². The summed E-state index contributed by atoms with van der Waals surface area (Å²) in [5.74, 6) is -1.55. The fraction of sp³-hybridized carbons (Fsp3) is 0.462. The molecular weight excluding hydrogens is 307 g/mol. The van der Waals surface area contributed by atoms with Crippen LogP contribution in [0.5, 0.6) is 0 Å². The number of ether oxygens (including phenoxy) is 1. The smallest absolute Gasteiger partial charge is 0.338 e. The van der Waals surface area contributed by atoms with Crippen LogP contribution < -0.4 is 0 Å². The zero-order valence-electron chi connectivity index (χ0n) is 10.9. The van der Waals surface area contributed by atoms with Crippen LogP contribution in [0.25, 0.3) is 0 Å². The molecule has 0 unspecified atom stereocenters. The van der Waals surface area contributed by atoms with E-state index < -0.39 is 25.7 Å². The van der Waals surface area contributed by atoms with E-state index in [9.17, 15) is 17.6 Å². The molecule has 1 aromatic carbocycles. The van der Waals surface area contributed by atoms with Crippen LogP contribution >= 0.6 is 10.7 Å². The van der Waals surface area contributed by atoms with Crippen LogP contribution in [0.2, 0.25) is 0 Å². The summed E-state index contributed by atoms with van der Waals surface area (Å²) in [5.41, 5.74) is 0.000483. The molecule has 0 saturated heterocycles. The molecule has 0 atom stereocenters. The van der Waals surface area contributed by atoms with Gasteiger partial charge in [-0.2, -0.15) is 0 Å². The molecule has 4 nitrogen and oxygen atoms in total. The number of halogens is 2. The molecule has 0 radical (unpaired) electrons. The fourth-order valence-electron chi connectivity index (χ4n) is 2.34. The Balaban J connectivity index is 2.36. The maximum atomic E-state index is 13.5. The van der Waals surface area contributed by atoms with Crippen molar-refractivity contribution in [3.8, 4) is 0 Å². The van der Waals surface area contributed by atoms with Crippen LogP contribution in [0.1, 0.15) is 41.6 Å². The van der Waals surface area contributed by atoms with Crippen molar-refractivity contribution in [1.82, 2.24) is 0 Å². The number of hydrogen-bond acceptors (Lipinski definition) is 4.